The van der Waals surface area contributed by atoms with Crippen molar-refractivity contribution < 1.29 is 9.15 Å². The molecule has 3 heteroatoms. The highest BCUT2D eigenvalue weighted by Crippen LogP contribution is 2.23. The monoisotopic (exact) mass is 272 g/mol. The molecule has 0 unspecified atom stereocenters. The van der Waals surface area contributed by atoms with Crippen LogP contribution in [0, 0.1) is 0 Å². The average Bonchev–Trinajstić information content (AvgIpc) is 2.48. The second-order valence-electron chi connectivity index (χ2n) is 4.49. The highest BCUT2D eigenvalue weighted by molar-refractivity contribution is 5.81. The number of benzene rings is 1. The van der Waals surface area contributed by atoms with Gasteiger partial charge in [-0.05, 0) is 39.0 Å². The van der Waals surface area contributed by atoms with Gasteiger partial charge in [0.15, 0.2) is 0 Å². The molecule has 0 fully saturated rings. The van der Waals surface area contributed by atoms with Gasteiger partial charge in [0.05, 0.1) is 30.4 Å². The molecule has 0 aliphatic carbocycles. The summed E-state index contributed by atoms with van der Waals surface area (Å²) in [5, 5.41) is 1.11. The van der Waals surface area contributed by atoms with Crippen molar-refractivity contribution in [2.75, 3.05) is 24.6 Å². The normalized spacial score (nSPS) is 11.2. The summed E-state index contributed by atoms with van der Waals surface area (Å²) in [4.78, 5) is 2.30. The first-order chi connectivity index (χ1) is 9.78. The van der Waals surface area contributed by atoms with Gasteiger partial charge in [-0.3, -0.25) is 0 Å². The summed E-state index contributed by atoms with van der Waals surface area (Å²) in [7, 11) is 0. The van der Waals surface area contributed by atoms with E-state index in [1.54, 1.807) is 6.26 Å². The van der Waals surface area contributed by atoms with E-state index in [9.17, 15) is 0 Å². The van der Waals surface area contributed by atoms with Gasteiger partial charge in [0.25, 0.3) is 0 Å². The van der Waals surface area contributed by atoms with Gasteiger partial charge >= 0.3 is 11.3 Å². The lowest BCUT2D eigenvalue weighted by atomic mass is 10.2. The Balaban J connectivity index is 2.34. The largest absolute Gasteiger partial charge is 0.501 e. The van der Waals surface area contributed by atoms with Crippen molar-refractivity contribution in [3.05, 3.63) is 42.4 Å². The number of rotatable bonds is 6. The van der Waals surface area contributed by atoms with Crippen LogP contribution in [0.25, 0.3) is 17.0 Å². The molecule has 0 aliphatic heterocycles. The van der Waals surface area contributed by atoms with Crippen LogP contribution in [0.5, 0.6) is 0 Å². The Bertz CT molecular complexity index is 589. The summed E-state index contributed by atoms with van der Waals surface area (Å²) in [5.41, 5.74) is 2.09. The molecule has 1 heterocycles. The van der Waals surface area contributed by atoms with Crippen LogP contribution in [0.2, 0.25) is 0 Å². The van der Waals surface area contributed by atoms with Gasteiger partial charge in [-0.1, -0.05) is 0 Å². The molecule has 0 bridgehead atoms. The van der Waals surface area contributed by atoms with Crippen molar-refractivity contribution in [3.8, 4) is 0 Å². The summed E-state index contributed by atoms with van der Waals surface area (Å²) in [6, 6.07) is 10.4. The number of hydrogen-bond donors (Lipinski definition) is 0. The molecule has 2 aromatic rings. The Hall–Kier alpha value is -2.03. The summed E-state index contributed by atoms with van der Waals surface area (Å²) in [6.07, 6.45) is 3.51. The maximum Gasteiger partial charge on any atom is 0.362 e. The second-order valence-corrected chi connectivity index (χ2v) is 4.49. The minimum atomic E-state index is 0.663. The van der Waals surface area contributed by atoms with Crippen LogP contribution in [0.15, 0.2) is 41.0 Å². The third-order valence-electron chi connectivity index (χ3n) is 3.28. The Morgan fingerprint density at radius 1 is 1.10 bits per heavy atom. The fraction of sp³-hybridized carbons (Fsp3) is 0.353. The zero-order valence-electron chi connectivity index (χ0n) is 12.4. The predicted molar refractivity (Wildman–Crippen MR) is 84.8 cm³/mol. The van der Waals surface area contributed by atoms with Crippen LogP contribution in [-0.2, 0) is 4.74 Å². The molecule has 0 aliphatic rings. The molecule has 3 nitrogen and oxygen atoms in total. The summed E-state index contributed by atoms with van der Waals surface area (Å²) in [6.45, 7) is 8.92. The molecule has 0 amide bonds. The van der Waals surface area contributed by atoms with E-state index in [2.05, 4.69) is 43.0 Å². The lowest BCUT2D eigenvalue weighted by Crippen LogP contribution is -2.21. The fourth-order valence-electron chi connectivity index (χ4n) is 2.17. The third-order valence-corrected chi connectivity index (χ3v) is 3.28. The van der Waals surface area contributed by atoms with Crippen molar-refractivity contribution in [2.24, 2.45) is 0 Å². The Labute approximate surface area is 120 Å². The molecular formula is C17H22NO2+. The molecule has 0 saturated heterocycles. The number of nitrogens with zero attached hydrogens (tertiary/aromatic N) is 1. The van der Waals surface area contributed by atoms with Gasteiger partial charge < -0.3 is 9.64 Å². The summed E-state index contributed by atoms with van der Waals surface area (Å²) < 4.78 is 11.1. The van der Waals surface area contributed by atoms with E-state index in [1.165, 1.54) is 5.69 Å². The molecule has 0 saturated carbocycles. The van der Waals surface area contributed by atoms with E-state index in [0.717, 1.165) is 29.8 Å². The molecule has 0 spiro atoms. The minimum Gasteiger partial charge on any atom is -0.501 e. The molecule has 106 valence electrons. The first kappa shape index (κ1) is 14.4. The zero-order chi connectivity index (χ0) is 14.4. The van der Waals surface area contributed by atoms with Crippen LogP contribution < -0.4 is 4.90 Å². The number of anilines is 1. The van der Waals surface area contributed by atoms with E-state index in [0.29, 0.717) is 6.61 Å². The molecule has 0 radical (unpaired) electrons. The minimum absolute atomic E-state index is 0.663. The Kier molecular flexibility index (Phi) is 4.99. The number of fused-ring (bicyclic) bond motifs is 1. The van der Waals surface area contributed by atoms with Crippen molar-refractivity contribution in [3.63, 3.8) is 0 Å². The third kappa shape index (κ3) is 3.29. The van der Waals surface area contributed by atoms with Gasteiger partial charge in [0, 0.05) is 24.8 Å². The average molecular weight is 272 g/mol. The van der Waals surface area contributed by atoms with Crippen LogP contribution >= 0.6 is 0 Å². The number of ether oxygens (including phenoxy) is 1. The predicted octanol–water partition coefficient (Wildman–Crippen LogP) is 4.57. The maximum atomic E-state index is 5.89. The van der Waals surface area contributed by atoms with Crippen molar-refractivity contribution in [1.82, 2.24) is 0 Å². The van der Waals surface area contributed by atoms with Crippen LogP contribution in [0.4, 0.5) is 5.69 Å². The molecular weight excluding hydrogens is 250 g/mol. The quantitative estimate of drug-likeness (QED) is 0.568. The van der Waals surface area contributed by atoms with Crippen molar-refractivity contribution in [1.29, 1.82) is 0 Å². The highest BCUT2D eigenvalue weighted by atomic mass is 16.5. The molecule has 2 rings (SSSR count). The van der Waals surface area contributed by atoms with Crippen LogP contribution in [-0.4, -0.2) is 19.7 Å². The second kappa shape index (κ2) is 6.94. The smallest absolute Gasteiger partial charge is 0.362 e. The molecule has 1 aromatic heterocycles. The summed E-state index contributed by atoms with van der Waals surface area (Å²) >= 11 is 0. The first-order valence-electron chi connectivity index (χ1n) is 7.18. The van der Waals surface area contributed by atoms with Gasteiger partial charge in [-0.15, -0.1) is 0 Å². The molecule has 0 atom stereocenters. The fourth-order valence-corrected chi connectivity index (χ4v) is 2.17. The lowest BCUT2D eigenvalue weighted by Gasteiger charge is -2.19. The topological polar surface area (TPSA) is 23.8 Å². The van der Waals surface area contributed by atoms with Crippen LogP contribution in [0.3, 0.4) is 0 Å². The maximum absolute atomic E-state index is 5.89. The van der Waals surface area contributed by atoms with Crippen LogP contribution in [0.1, 0.15) is 26.5 Å². The van der Waals surface area contributed by atoms with E-state index < -0.39 is 0 Å². The van der Waals surface area contributed by atoms with Gasteiger partial charge in [0.1, 0.15) is 0 Å². The zero-order valence-corrected chi connectivity index (χ0v) is 12.4. The van der Waals surface area contributed by atoms with Gasteiger partial charge in [-0.2, -0.15) is 0 Å². The van der Waals surface area contributed by atoms with E-state index in [1.807, 2.05) is 19.1 Å². The highest BCUT2D eigenvalue weighted by Gasteiger charge is 2.12. The Morgan fingerprint density at radius 2 is 1.85 bits per heavy atom. The number of hydrogen-bond acceptors (Lipinski definition) is 2. The molecule has 0 N–H and O–H groups in total. The summed E-state index contributed by atoms with van der Waals surface area (Å²) in [5.74, 6) is 0.794. The lowest BCUT2D eigenvalue weighted by molar-refractivity contribution is 0.271. The van der Waals surface area contributed by atoms with Gasteiger partial charge in [0.2, 0.25) is 0 Å². The Morgan fingerprint density at radius 3 is 2.55 bits per heavy atom. The van der Waals surface area contributed by atoms with Gasteiger partial charge in [-0.25, -0.2) is 4.42 Å². The van der Waals surface area contributed by atoms with E-state index in [4.69, 9.17) is 9.15 Å². The van der Waals surface area contributed by atoms with Crippen molar-refractivity contribution >= 4 is 22.7 Å². The van der Waals surface area contributed by atoms with E-state index >= 15 is 0 Å². The SMILES string of the molecule is CCOC=Cc1ccc2ccc(N(CC)CC)cc2[o+]1. The standard InChI is InChI=1S/C17H22NO2/c1-4-18(5-2)15-9-7-14-8-10-16(11-12-19-6-3)20-17(14)13-15/h7-13H,4-6H2,1-3H3/q+1. The van der Waals surface area contributed by atoms with E-state index in [-0.39, 0.29) is 0 Å². The first-order valence-corrected chi connectivity index (χ1v) is 7.18. The molecule has 1 aromatic carbocycles. The van der Waals surface area contributed by atoms with Crippen molar-refractivity contribution in [2.45, 2.75) is 20.8 Å². The molecule has 20 heavy (non-hydrogen) atoms.